The Balaban J connectivity index is 1.92. The first-order chi connectivity index (χ1) is 14.4. The highest BCUT2D eigenvalue weighted by molar-refractivity contribution is 5.96. The molecule has 0 aliphatic rings. The van der Waals surface area contributed by atoms with E-state index >= 15 is 0 Å². The quantitative estimate of drug-likeness (QED) is 0.553. The average molecular weight is 411 g/mol. The van der Waals surface area contributed by atoms with Crippen molar-refractivity contribution in [1.29, 1.82) is 0 Å². The molecule has 0 aliphatic carbocycles. The zero-order valence-corrected chi connectivity index (χ0v) is 17.8. The standard InChI is InChI=1S/C23H30N4O3/c1-4-13-27(14-5-2)23(30)18-7-6-8-21(15-18)24-16-22(29)26-20-11-9-19(10-12-20)25-17(3)28/h6-12,15,24H,4-5,13-14,16H2,1-3H3,(H,25,28)(H,26,29). The van der Waals surface area contributed by atoms with Gasteiger partial charge in [0.1, 0.15) is 0 Å². The van der Waals surface area contributed by atoms with E-state index in [1.54, 1.807) is 36.4 Å². The van der Waals surface area contributed by atoms with Gasteiger partial charge in [-0.15, -0.1) is 0 Å². The Morgan fingerprint density at radius 3 is 2.00 bits per heavy atom. The van der Waals surface area contributed by atoms with Gasteiger partial charge in [0.15, 0.2) is 0 Å². The minimum absolute atomic E-state index is 0.00561. The lowest BCUT2D eigenvalue weighted by molar-refractivity contribution is -0.115. The highest BCUT2D eigenvalue weighted by Crippen LogP contribution is 2.15. The number of benzene rings is 2. The molecular formula is C23H30N4O3. The van der Waals surface area contributed by atoms with Gasteiger partial charge in [0.25, 0.3) is 5.91 Å². The van der Waals surface area contributed by atoms with Gasteiger partial charge in [0.05, 0.1) is 6.54 Å². The summed E-state index contributed by atoms with van der Waals surface area (Å²) in [5.74, 6) is -0.354. The van der Waals surface area contributed by atoms with Crippen molar-refractivity contribution in [1.82, 2.24) is 4.90 Å². The minimum atomic E-state index is -0.211. The van der Waals surface area contributed by atoms with Crippen LogP contribution in [0.4, 0.5) is 17.1 Å². The molecule has 2 rings (SSSR count). The summed E-state index contributed by atoms with van der Waals surface area (Å²) in [6, 6.07) is 14.1. The first-order valence-electron chi connectivity index (χ1n) is 10.2. The molecule has 0 saturated carbocycles. The summed E-state index contributed by atoms with van der Waals surface area (Å²) in [7, 11) is 0. The molecule has 7 heteroatoms. The summed E-state index contributed by atoms with van der Waals surface area (Å²) >= 11 is 0. The Labute approximate surface area is 177 Å². The van der Waals surface area contributed by atoms with Crippen LogP contribution in [0.1, 0.15) is 44.0 Å². The predicted molar refractivity (Wildman–Crippen MR) is 121 cm³/mol. The first-order valence-corrected chi connectivity index (χ1v) is 10.2. The Morgan fingerprint density at radius 1 is 0.833 bits per heavy atom. The smallest absolute Gasteiger partial charge is 0.253 e. The largest absolute Gasteiger partial charge is 0.376 e. The third-order valence-electron chi connectivity index (χ3n) is 4.33. The highest BCUT2D eigenvalue weighted by atomic mass is 16.2. The summed E-state index contributed by atoms with van der Waals surface area (Å²) < 4.78 is 0. The van der Waals surface area contributed by atoms with E-state index in [-0.39, 0.29) is 24.3 Å². The SMILES string of the molecule is CCCN(CCC)C(=O)c1cccc(NCC(=O)Nc2ccc(NC(C)=O)cc2)c1. The number of hydrogen-bond acceptors (Lipinski definition) is 4. The molecule has 0 heterocycles. The maximum Gasteiger partial charge on any atom is 0.253 e. The van der Waals surface area contributed by atoms with E-state index in [0.29, 0.717) is 22.6 Å². The molecule has 0 unspecified atom stereocenters. The van der Waals surface area contributed by atoms with Crippen LogP contribution in [0, 0.1) is 0 Å². The molecule has 0 bridgehead atoms. The molecule has 3 amide bonds. The number of nitrogens with zero attached hydrogens (tertiary/aromatic N) is 1. The summed E-state index contributed by atoms with van der Waals surface area (Å²) in [6.45, 7) is 7.08. The number of rotatable bonds is 10. The lowest BCUT2D eigenvalue weighted by Crippen LogP contribution is -2.32. The van der Waals surface area contributed by atoms with Gasteiger partial charge in [-0.2, -0.15) is 0 Å². The third-order valence-corrected chi connectivity index (χ3v) is 4.33. The van der Waals surface area contributed by atoms with Crippen LogP contribution in [0.3, 0.4) is 0 Å². The van der Waals surface area contributed by atoms with E-state index < -0.39 is 0 Å². The zero-order valence-electron chi connectivity index (χ0n) is 17.8. The molecule has 30 heavy (non-hydrogen) atoms. The average Bonchev–Trinajstić information content (AvgIpc) is 2.73. The number of hydrogen-bond donors (Lipinski definition) is 3. The fraction of sp³-hybridized carbons (Fsp3) is 0.348. The lowest BCUT2D eigenvalue weighted by Gasteiger charge is -2.21. The van der Waals surface area contributed by atoms with Crippen LogP contribution in [0.25, 0.3) is 0 Å². The van der Waals surface area contributed by atoms with Crippen LogP contribution in [-0.4, -0.2) is 42.3 Å². The predicted octanol–water partition coefficient (Wildman–Crippen LogP) is 3.96. The molecule has 0 saturated heterocycles. The van der Waals surface area contributed by atoms with Gasteiger partial charge in [0, 0.05) is 42.6 Å². The van der Waals surface area contributed by atoms with E-state index in [0.717, 1.165) is 25.9 Å². The van der Waals surface area contributed by atoms with Crippen molar-refractivity contribution >= 4 is 34.8 Å². The molecule has 3 N–H and O–H groups in total. The Kier molecular flexibility index (Phi) is 8.87. The van der Waals surface area contributed by atoms with Crippen molar-refractivity contribution in [3.8, 4) is 0 Å². The van der Waals surface area contributed by atoms with Gasteiger partial charge in [-0.05, 0) is 55.3 Å². The Hall–Kier alpha value is -3.35. The summed E-state index contributed by atoms with van der Waals surface area (Å²) in [6.07, 6.45) is 1.82. The van der Waals surface area contributed by atoms with E-state index in [2.05, 4.69) is 29.8 Å². The number of nitrogens with one attached hydrogen (secondary N) is 3. The van der Waals surface area contributed by atoms with Crippen LogP contribution < -0.4 is 16.0 Å². The van der Waals surface area contributed by atoms with Gasteiger partial charge in [-0.3, -0.25) is 14.4 Å². The maximum atomic E-state index is 12.7. The molecule has 2 aromatic carbocycles. The van der Waals surface area contributed by atoms with Crippen LogP contribution in [0.5, 0.6) is 0 Å². The lowest BCUT2D eigenvalue weighted by atomic mass is 10.1. The summed E-state index contributed by atoms with van der Waals surface area (Å²) in [4.78, 5) is 37.9. The van der Waals surface area contributed by atoms with Crippen molar-refractivity contribution in [2.75, 3.05) is 35.6 Å². The van der Waals surface area contributed by atoms with E-state index in [9.17, 15) is 14.4 Å². The van der Waals surface area contributed by atoms with Crippen molar-refractivity contribution in [2.45, 2.75) is 33.6 Å². The number of carbonyl (C=O) groups excluding carboxylic acids is 3. The van der Waals surface area contributed by atoms with Crippen LogP contribution in [0.15, 0.2) is 48.5 Å². The summed E-state index contributed by atoms with van der Waals surface area (Å²) in [5.41, 5.74) is 2.62. The molecular weight excluding hydrogens is 380 g/mol. The van der Waals surface area contributed by atoms with Crippen LogP contribution in [-0.2, 0) is 9.59 Å². The molecule has 0 aromatic heterocycles. The van der Waals surface area contributed by atoms with E-state index in [1.807, 2.05) is 17.0 Å². The Bertz CT molecular complexity index is 859. The van der Waals surface area contributed by atoms with Crippen molar-refractivity contribution < 1.29 is 14.4 Å². The second kappa shape index (κ2) is 11.6. The molecule has 0 aliphatic heterocycles. The zero-order chi connectivity index (χ0) is 21.9. The van der Waals surface area contributed by atoms with Crippen molar-refractivity contribution in [2.24, 2.45) is 0 Å². The van der Waals surface area contributed by atoms with Gasteiger partial charge < -0.3 is 20.9 Å². The Morgan fingerprint density at radius 2 is 1.43 bits per heavy atom. The fourth-order valence-electron chi connectivity index (χ4n) is 3.03. The molecule has 2 aromatic rings. The molecule has 0 spiro atoms. The molecule has 160 valence electrons. The normalized spacial score (nSPS) is 10.2. The minimum Gasteiger partial charge on any atom is -0.376 e. The molecule has 0 radical (unpaired) electrons. The third kappa shape index (κ3) is 7.24. The fourth-order valence-corrected chi connectivity index (χ4v) is 3.03. The monoisotopic (exact) mass is 410 g/mol. The number of carbonyl (C=O) groups is 3. The van der Waals surface area contributed by atoms with Gasteiger partial charge in [-0.1, -0.05) is 19.9 Å². The van der Waals surface area contributed by atoms with Crippen LogP contribution in [0.2, 0.25) is 0 Å². The van der Waals surface area contributed by atoms with E-state index in [4.69, 9.17) is 0 Å². The van der Waals surface area contributed by atoms with Crippen molar-refractivity contribution in [3.63, 3.8) is 0 Å². The molecule has 7 nitrogen and oxygen atoms in total. The second-order valence-electron chi connectivity index (χ2n) is 7.03. The number of amides is 3. The van der Waals surface area contributed by atoms with Crippen LogP contribution >= 0.6 is 0 Å². The molecule has 0 atom stereocenters. The topological polar surface area (TPSA) is 90.5 Å². The number of anilines is 3. The highest BCUT2D eigenvalue weighted by Gasteiger charge is 2.14. The van der Waals surface area contributed by atoms with Gasteiger partial charge in [-0.25, -0.2) is 0 Å². The maximum absolute atomic E-state index is 12.7. The first kappa shape index (κ1) is 22.9. The van der Waals surface area contributed by atoms with Gasteiger partial charge in [0.2, 0.25) is 11.8 Å². The second-order valence-corrected chi connectivity index (χ2v) is 7.03. The summed E-state index contributed by atoms with van der Waals surface area (Å²) in [5, 5.41) is 8.53. The van der Waals surface area contributed by atoms with Gasteiger partial charge >= 0.3 is 0 Å². The van der Waals surface area contributed by atoms with Crippen molar-refractivity contribution in [3.05, 3.63) is 54.1 Å². The van der Waals surface area contributed by atoms with E-state index in [1.165, 1.54) is 6.92 Å². The molecule has 0 fully saturated rings.